The van der Waals surface area contributed by atoms with Crippen LogP contribution in [0.3, 0.4) is 0 Å². The third-order valence-electron chi connectivity index (χ3n) is 4.72. The number of halogens is 3. The zero-order chi connectivity index (χ0) is 22.6. The molecule has 0 bridgehead atoms. The van der Waals surface area contributed by atoms with Crippen molar-refractivity contribution in [3.05, 3.63) is 84.2 Å². The molecule has 2 N–H and O–H groups in total. The standard InChI is InChI=1S/C23H18F3N5O/c24-23(25,26)17-7-5-16(6-8-17)22(32)29-14-13-28-21-18-3-1-2-4-19(18)30-20(31-21)15-9-11-27-12-10-15/h1-12H,13-14H2,(H,29,32)(H,28,30,31). The Kier molecular flexibility index (Phi) is 5.98. The van der Waals surface area contributed by atoms with Crippen molar-refractivity contribution in [1.82, 2.24) is 20.3 Å². The molecule has 0 saturated carbocycles. The van der Waals surface area contributed by atoms with Crippen LogP contribution in [0.5, 0.6) is 0 Å². The monoisotopic (exact) mass is 437 g/mol. The Balaban J connectivity index is 1.42. The van der Waals surface area contributed by atoms with Crippen LogP contribution in [0.25, 0.3) is 22.3 Å². The molecule has 0 radical (unpaired) electrons. The number of alkyl halides is 3. The maximum Gasteiger partial charge on any atom is 0.416 e. The van der Waals surface area contributed by atoms with Gasteiger partial charge in [0.25, 0.3) is 5.91 Å². The molecule has 2 heterocycles. The highest BCUT2D eigenvalue weighted by atomic mass is 19.4. The lowest BCUT2D eigenvalue weighted by molar-refractivity contribution is -0.137. The summed E-state index contributed by atoms with van der Waals surface area (Å²) in [4.78, 5) is 25.4. The molecule has 6 nitrogen and oxygen atoms in total. The van der Waals surface area contributed by atoms with Gasteiger partial charge in [0.15, 0.2) is 5.82 Å². The van der Waals surface area contributed by atoms with Crippen LogP contribution in [-0.4, -0.2) is 33.9 Å². The van der Waals surface area contributed by atoms with Crippen molar-refractivity contribution in [2.45, 2.75) is 6.18 Å². The van der Waals surface area contributed by atoms with Crippen molar-refractivity contribution in [3.8, 4) is 11.4 Å². The molecule has 0 aliphatic rings. The maximum atomic E-state index is 12.7. The Morgan fingerprint density at radius 3 is 2.31 bits per heavy atom. The number of fused-ring (bicyclic) bond motifs is 1. The fourth-order valence-electron chi connectivity index (χ4n) is 3.11. The van der Waals surface area contributed by atoms with E-state index in [0.717, 1.165) is 40.7 Å². The summed E-state index contributed by atoms with van der Waals surface area (Å²) >= 11 is 0. The summed E-state index contributed by atoms with van der Waals surface area (Å²) < 4.78 is 38.0. The SMILES string of the molecule is O=C(NCCNc1nc(-c2ccncc2)nc2ccccc12)c1ccc(C(F)(F)F)cc1. The molecule has 0 spiro atoms. The zero-order valence-electron chi connectivity index (χ0n) is 16.7. The van der Waals surface area contributed by atoms with Gasteiger partial charge in [0, 0.05) is 42.0 Å². The maximum absolute atomic E-state index is 12.7. The molecule has 2 aromatic carbocycles. The summed E-state index contributed by atoms with van der Waals surface area (Å²) in [5.74, 6) is 0.708. The van der Waals surface area contributed by atoms with Crippen molar-refractivity contribution in [2.24, 2.45) is 0 Å². The number of hydrogen-bond acceptors (Lipinski definition) is 5. The molecule has 2 aromatic heterocycles. The minimum absolute atomic E-state index is 0.158. The smallest absolute Gasteiger partial charge is 0.368 e. The van der Waals surface area contributed by atoms with Gasteiger partial charge in [0.1, 0.15) is 5.82 Å². The number of anilines is 1. The first-order valence-electron chi connectivity index (χ1n) is 9.78. The minimum atomic E-state index is -4.44. The van der Waals surface area contributed by atoms with Crippen molar-refractivity contribution in [1.29, 1.82) is 0 Å². The van der Waals surface area contributed by atoms with Gasteiger partial charge in [-0.15, -0.1) is 0 Å². The van der Waals surface area contributed by atoms with E-state index in [1.54, 1.807) is 12.4 Å². The number of pyridine rings is 1. The predicted molar refractivity (Wildman–Crippen MR) is 115 cm³/mol. The molecular weight excluding hydrogens is 419 g/mol. The Morgan fingerprint density at radius 2 is 1.59 bits per heavy atom. The van der Waals surface area contributed by atoms with E-state index in [-0.39, 0.29) is 12.1 Å². The number of aromatic nitrogens is 3. The molecule has 4 aromatic rings. The van der Waals surface area contributed by atoms with E-state index in [4.69, 9.17) is 0 Å². The number of benzene rings is 2. The minimum Gasteiger partial charge on any atom is -0.368 e. The molecule has 32 heavy (non-hydrogen) atoms. The highest BCUT2D eigenvalue weighted by molar-refractivity contribution is 5.94. The van der Waals surface area contributed by atoms with E-state index in [0.29, 0.717) is 18.2 Å². The van der Waals surface area contributed by atoms with Crippen molar-refractivity contribution in [2.75, 3.05) is 18.4 Å². The van der Waals surface area contributed by atoms with Gasteiger partial charge in [0.05, 0.1) is 11.1 Å². The first-order valence-corrected chi connectivity index (χ1v) is 9.78. The van der Waals surface area contributed by atoms with E-state index in [2.05, 4.69) is 25.6 Å². The Labute approximate surface area is 181 Å². The predicted octanol–water partition coefficient (Wildman–Crippen LogP) is 4.55. The largest absolute Gasteiger partial charge is 0.416 e. The van der Waals surface area contributed by atoms with E-state index < -0.39 is 17.6 Å². The lowest BCUT2D eigenvalue weighted by Crippen LogP contribution is -2.29. The molecule has 0 aliphatic heterocycles. The molecule has 0 atom stereocenters. The van der Waals surface area contributed by atoms with Gasteiger partial charge < -0.3 is 10.6 Å². The van der Waals surface area contributed by atoms with Crippen molar-refractivity contribution < 1.29 is 18.0 Å². The first-order chi connectivity index (χ1) is 15.4. The molecule has 9 heteroatoms. The highest BCUT2D eigenvalue weighted by Crippen LogP contribution is 2.29. The summed E-state index contributed by atoms with van der Waals surface area (Å²) in [6, 6.07) is 15.3. The quantitative estimate of drug-likeness (QED) is 0.433. The normalized spacial score (nSPS) is 11.3. The lowest BCUT2D eigenvalue weighted by Gasteiger charge is -2.12. The van der Waals surface area contributed by atoms with Gasteiger partial charge in [-0.25, -0.2) is 9.97 Å². The Bertz CT molecular complexity index is 1230. The van der Waals surface area contributed by atoms with E-state index in [9.17, 15) is 18.0 Å². The summed E-state index contributed by atoms with van der Waals surface area (Å²) in [6.45, 7) is 0.617. The number of carbonyl (C=O) groups excluding carboxylic acids is 1. The first kappa shape index (κ1) is 21.2. The number of nitrogens with one attached hydrogen (secondary N) is 2. The van der Waals surface area contributed by atoms with Crippen LogP contribution < -0.4 is 10.6 Å². The van der Waals surface area contributed by atoms with Gasteiger partial charge >= 0.3 is 6.18 Å². The number of nitrogens with zero attached hydrogens (tertiary/aromatic N) is 3. The van der Waals surface area contributed by atoms with Gasteiger partial charge in [-0.1, -0.05) is 12.1 Å². The van der Waals surface area contributed by atoms with E-state index in [1.807, 2.05) is 36.4 Å². The van der Waals surface area contributed by atoms with Crippen LogP contribution in [-0.2, 0) is 6.18 Å². The summed E-state index contributed by atoms with van der Waals surface area (Å²) in [6.07, 6.45) is -1.11. The summed E-state index contributed by atoms with van der Waals surface area (Å²) in [7, 11) is 0. The van der Waals surface area contributed by atoms with Gasteiger partial charge in [-0.3, -0.25) is 9.78 Å². The molecule has 0 fully saturated rings. The van der Waals surface area contributed by atoms with Crippen LogP contribution in [0.15, 0.2) is 73.1 Å². The van der Waals surface area contributed by atoms with Crippen LogP contribution in [0, 0.1) is 0 Å². The average molecular weight is 437 g/mol. The molecular formula is C23H18F3N5O. The lowest BCUT2D eigenvalue weighted by atomic mass is 10.1. The van der Waals surface area contributed by atoms with Crippen molar-refractivity contribution in [3.63, 3.8) is 0 Å². The van der Waals surface area contributed by atoms with Gasteiger partial charge in [0.2, 0.25) is 0 Å². The van der Waals surface area contributed by atoms with Crippen molar-refractivity contribution >= 4 is 22.6 Å². The fraction of sp³-hybridized carbons (Fsp3) is 0.130. The number of hydrogen-bond donors (Lipinski definition) is 2. The van der Waals surface area contributed by atoms with Gasteiger partial charge in [-0.05, 0) is 48.5 Å². The molecule has 1 amide bonds. The van der Waals surface area contributed by atoms with Crippen LogP contribution >= 0.6 is 0 Å². The molecule has 0 saturated heterocycles. The van der Waals surface area contributed by atoms with Crippen LogP contribution in [0.2, 0.25) is 0 Å². The summed E-state index contributed by atoms with van der Waals surface area (Å²) in [5.41, 5.74) is 0.955. The number of amides is 1. The molecule has 162 valence electrons. The molecule has 4 rings (SSSR count). The van der Waals surface area contributed by atoms with E-state index >= 15 is 0 Å². The molecule has 0 unspecified atom stereocenters. The number of para-hydroxylation sites is 1. The second-order valence-corrected chi connectivity index (χ2v) is 6.91. The molecule has 0 aliphatic carbocycles. The number of rotatable bonds is 6. The average Bonchev–Trinajstić information content (AvgIpc) is 2.81. The summed E-state index contributed by atoms with van der Waals surface area (Å²) in [5, 5.41) is 6.72. The third-order valence-corrected chi connectivity index (χ3v) is 4.72. The second kappa shape index (κ2) is 9.01. The van der Waals surface area contributed by atoms with Crippen LogP contribution in [0.4, 0.5) is 19.0 Å². The van der Waals surface area contributed by atoms with Gasteiger partial charge in [-0.2, -0.15) is 13.2 Å². The number of carbonyl (C=O) groups is 1. The fourth-order valence-corrected chi connectivity index (χ4v) is 3.11. The Morgan fingerprint density at radius 1 is 0.875 bits per heavy atom. The highest BCUT2D eigenvalue weighted by Gasteiger charge is 2.30. The zero-order valence-corrected chi connectivity index (χ0v) is 16.7. The topological polar surface area (TPSA) is 79.8 Å². The third kappa shape index (κ3) is 4.83. The van der Waals surface area contributed by atoms with Crippen LogP contribution in [0.1, 0.15) is 15.9 Å². The Hall–Kier alpha value is -4.01. The van der Waals surface area contributed by atoms with E-state index in [1.165, 1.54) is 0 Å². The second-order valence-electron chi connectivity index (χ2n) is 6.91.